The van der Waals surface area contributed by atoms with E-state index in [1.807, 2.05) is 18.2 Å². The van der Waals surface area contributed by atoms with Crippen LogP contribution in [0.3, 0.4) is 0 Å². The van der Waals surface area contributed by atoms with Crippen molar-refractivity contribution < 1.29 is 5.11 Å². The van der Waals surface area contributed by atoms with Gasteiger partial charge in [-0.15, -0.1) is 0 Å². The van der Waals surface area contributed by atoms with Crippen molar-refractivity contribution in [3.8, 4) is 6.07 Å². The molecular formula is C16H22N2O. The molecule has 2 atom stereocenters. The van der Waals surface area contributed by atoms with E-state index in [0.29, 0.717) is 12.5 Å². The van der Waals surface area contributed by atoms with Gasteiger partial charge < -0.3 is 5.11 Å². The summed E-state index contributed by atoms with van der Waals surface area (Å²) in [5.41, 5.74) is 1.24. The summed E-state index contributed by atoms with van der Waals surface area (Å²) in [6, 6.07) is 13.4. The number of nitriles is 1. The number of hydrogen-bond acceptors (Lipinski definition) is 3. The quantitative estimate of drug-likeness (QED) is 0.853. The normalized spacial score (nSPS) is 21.2. The molecule has 0 saturated carbocycles. The standard InChI is InChI=1S/C16H22N2O/c17-11-10-16(14-6-2-1-3-7-14)18-12-4-8-15(18)9-5-13-19/h1-3,6-7,15-16,19H,4-5,8-10,12-13H2. The highest BCUT2D eigenvalue weighted by atomic mass is 16.2. The van der Waals surface area contributed by atoms with Crippen LogP contribution in [-0.2, 0) is 0 Å². The van der Waals surface area contributed by atoms with Gasteiger partial charge in [0, 0.05) is 18.7 Å². The molecule has 0 aliphatic carbocycles. The molecule has 1 saturated heterocycles. The Balaban J connectivity index is 2.12. The van der Waals surface area contributed by atoms with Gasteiger partial charge in [0.15, 0.2) is 0 Å². The van der Waals surface area contributed by atoms with Gasteiger partial charge in [-0.05, 0) is 37.8 Å². The molecule has 1 heterocycles. The van der Waals surface area contributed by atoms with Crippen LogP contribution in [0.1, 0.15) is 43.7 Å². The highest BCUT2D eigenvalue weighted by Crippen LogP contribution is 2.33. The molecule has 1 aromatic rings. The van der Waals surface area contributed by atoms with Crippen LogP contribution < -0.4 is 0 Å². The van der Waals surface area contributed by atoms with Crippen LogP contribution in [0.15, 0.2) is 30.3 Å². The summed E-state index contributed by atoms with van der Waals surface area (Å²) in [5, 5.41) is 18.1. The van der Waals surface area contributed by atoms with Crippen molar-refractivity contribution >= 4 is 0 Å². The molecule has 0 amide bonds. The van der Waals surface area contributed by atoms with E-state index in [2.05, 4.69) is 23.1 Å². The van der Waals surface area contributed by atoms with Crippen LogP contribution >= 0.6 is 0 Å². The van der Waals surface area contributed by atoms with E-state index in [1.165, 1.54) is 18.4 Å². The van der Waals surface area contributed by atoms with E-state index in [4.69, 9.17) is 10.4 Å². The molecule has 3 nitrogen and oxygen atoms in total. The summed E-state index contributed by atoms with van der Waals surface area (Å²) in [4.78, 5) is 2.47. The summed E-state index contributed by atoms with van der Waals surface area (Å²) in [7, 11) is 0. The van der Waals surface area contributed by atoms with Gasteiger partial charge in [0.25, 0.3) is 0 Å². The Kier molecular flexibility index (Phi) is 5.38. The number of benzene rings is 1. The van der Waals surface area contributed by atoms with Crippen LogP contribution in [-0.4, -0.2) is 29.2 Å². The van der Waals surface area contributed by atoms with Crippen molar-refractivity contribution in [1.82, 2.24) is 4.90 Å². The summed E-state index contributed by atoms with van der Waals surface area (Å²) in [6.45, 7) is 1.33. The second kappa shape index (κ2) is 7.28. The zero-order valence-electron chi connectivity index (χ0n) is 11.3. The molecule has 0 radical (unpaired) electrons. The average Bonchev–Trinajstić information content (AvgIpc) is 2.91. The van der Waals surface area contributed by atoms with Gasteiger partial charge >= 0.3 is 0 Å². The third kappa shape index (κ3) is 3.56. The zero-order valence-corrected chi connectivity index (χ0v) is 11.3. The highest BCUT2D eigenvalue weighted by Gasteiger charge is 2.30. The minimum Gasteiger partial charge on any atom is -0.396 e. The fourth-order valence-corrected chi connectivity index (χ4v) is 3.09. The van der Waals surface area contributed by atoms with Crippen LogP contribution in [0.25, 0.3) is 0 Å². The van der Waals surface area contributed by atoms with Gasteiger partial charge in [0.2, 0.25) is 0 Å². The number of aliphatic hydroxyl groups is 1. The Morgan fingerprint density at radius 3 is 2.84 bits per heavy atom. The second-order valence-corrected chi connectivity index (χ2v) is 5.19. The van der Waals surface area contributed by atoms with E-state index < -0.39 is 0 Å². The Bertz CT molecular complexity index is 413. The SMILES string of the molecule is N#CCC(c1ccccc1)N1CCCC1CCCO. The molecule has 0 spiro atoms. The van der Waals surface area contributed by atoms with Crippen molar-refractivity contribution in [2.75, 3.05) is 13.2 Å². The molecule has 19 heavy (non-hydrogen) atoms. The predicted molar refractivity (Wildman–Crippen MR) is 75.5 cm³/mol. The Hall–Kier alpha value is -1.37. The third-order valence-electron chi connectivity index (χ3n) is 3.99. The smallest absolute Gasteiger partial charge is 0.0641 e. The van der Waals surface area contributed by atoms with Crippen molar-refractivity contribution in [3.05, 3.63) is 35.9 Å². The maximum absolute atomic E-state index is 9.10. The maximum Gasteiger partial charge on any atom is 0.0641 e. The van der Waals surface area contributed by atoms with Crippen LogP contribution in [0.5, 0.6) is 0 Å². The Labute approximate surface area is 115 Å². The molecule has 2 unspecified atom stereocenters. The molecule has 1 aromatic carbocycles. The van der Waals surface area contributed by atoms with Gasteiger partial charge in [-0.3, -0.25) is 4.90 Å². The number of rotatable bonds is 6. The molecule has 1 N–H and O–H groups in total. The molecular weight excluding hydrogens is 236 g/mol. The Morgan fingerprint density at radius 1 is 1.37 bits per heavy atom. The number of nitrogens with zero attached hydrogens (tertiary/aromatic N) is 2. The predicted octanol–water partition coefficient (Wildman–Crippen LogP) is 2.88. The summed E-state index contributed by atoms with van der Waals surface area (Å²) in [5.74, 6) is 0. The van der Waals surface area contributed by atoms with Crippen molar-refractivity contribution in [3.63, 3.8) is 0 Å². The summed E-state index contributed by atoms with van der Waals surface area (Å²) < 4.78 is 0. The van der Waals surface area contributed by atoms with Crippen LogP contribution in [0, 0.1) is 11.3 Å². The van der Waals surface area contributed by atoms with Crippen molar-refractivity contribution in [1.29, 1.82) is 5.26 Å². The third-order valence-corrected chi connectivity index (χ3v) is 3.99. The van der Waals surface area contributed by atoms with Gasteiger partial charge in [-0.2, -0.15) is 5.26 Å². The fraction of sp³-hybridized carbons (Fsp3) is 0.562. The minimum absolute atomic E-state index is 0.206. The number of hydrogen-bond donors (Lipinski definition) is 1. The minimum atomic E-state index is 0.206. The zero-order chi connectivity index (χ0) is 13.5. The maximum atomic E-state index is 9.10. The Morgan fingerprint density at radius 2 is 2.16 bits per heavy atom. The first kappa shape index (κ1) is 14.0. The second-order valence-electron chi connectivity index (χ2n) is 5.19. The first-order valence-electron chi connectivity index (χ1n) is 7.15. The lowest BCUT2D eigenvalue weighted by molar-refractivity contribution is 0.163. The molecule has 102 valence electrons. The lowest BCUT2D eigenvalue weighted by atomic mass is 10.0. The van der Waals surface area contributed by atoms with E-state index in [0.717, 1.165) is 19.4 Å². The number of aliphatic hydroxyl groups excluding tert-OH is 1. The van der Waals surface area contributed by atoms with E-state index >= 15 is 0 Å². The molecule has 1 aliphatic rings. The van der Waals surface area contributed by atoms with Gasteiger partial charge in [-0.25, -0.2) is 0 Å². The van der Waals surface area contributed by atoms with Crippen LogP contribution in [0.4, 0.5) is 0 Å². The lowest BCUT2D eigenvalue weighted by Gasteiger charge is -2.32. The highest BCUT2D eigenvalue weighted by molar-refractivity contribution is 5.20. The average molecular weight is 258 g/mol. The van der Waals surface area contributed by atoms with Crippen molar-refractivity contribution in [2.45, 2.75) is 44.2 Å². The monoisotopic (exact) mass is 258 g/mol. The summed E-state index contributed by atoms with van der Waals surface area (Å²) in [6.07, 6.45) is 4.82. The molecule has 0 aromatic heterocycles. The largest absolute Gasteiger partial charge is 0.396 e. The van der Waals surface area contributed by atoms with Gasteiger partial charge in [0.1, 0.15) is 0 Å². The van der Waals surface area contributed by atoms with Gasteiger partial charge in [-0.1, -0.05) is 30.3 Å². The van der Waals surface area contributed by atoms with E-state index in [1.54, 1.807) is 0 Å². The first-order valence-corrected chi connectivity index (χ1v) is 7.15. The first-order chi connectivity index (χ1) is 9.36. The van der Waals surface area contributed by atoms with E-state index in [9.17, 15) is 0 Å². The summed E-state index contributed by atoms with van der Waals surface area (Å²) >= 11 is 0. The molecule has 3 heteroatoms. The molecule has 0 bridgehead atoms. The fourth-order valence-electron chi connectivity index (χ4n) is 3.09. The lowest BCUT2D eigenvalue weighted by Crippen LogP contribution is -2.33. The molecule has 2 rings (SSSR count). The van der Waals surface area contributed by atoms with Crippen LogP contribution in [0.2, 0.25) is 0 Å². The topological polar surface area (TPSA) is 47.3 Å². The van der Waals surface area contributed by atoms with Crippen molar-refractivity contribution in [2.24, 2.45) is 0 Å². The number of likely N-dealkylation sites (tertiary alicyclic amines) is 1. The molecule has 1 aliphatic heterocycles. The van der Waals surface area contributed by atoms with E-state index in [-0.39, 0.29) is 12.6 Å². The van der Waals surface area contributed by atoms with Gasteiger partial charge in [0.05, 0.1) is 12.5 Å². The molecule has 1 fully saturated rings.